The Morgan fingerprint density at radius 3 is 2.52 bits per heavy atom. The number of anilines is 2. The number of amides is 3. The highest BCUT2D eigenvalue weighted by Gasteiger charge is 2.12. The number of hydrogen-bond donors (Lipinski definition) is 4. The quantitative estimate of drug-likeness (QED) is 0.382. The Balaban J connectivity index is 1.31. The maximum Gasteiger partial charge on any atom is 0.319 e. The van der Waals surface area contributed by atoms with Crippen molar-refractivity contribution < 1.29 is 14.0 Å². The van der Waals surface area contributed by atoms with Crippen molar-refractivity contribution >= 4 is 34.6 Å². The van der Waals surface area contributed by atoms with Crippen molar-refractivity contribution in [3.05, 3.63) is 77.7 Å². The van der Waals surface area contributed by atoms with Crippen molar-refractivity contribution in [1.82, 2.24) is 15.5 Å². The molecule has 0 aliphatic heterocycles. The van der Waals surface area contributed by atoms with Gasteiger partial charge in [-0.3, -0.25) is 9.89 Å². The molecule has 3 heterocycles. The molecule has 8 nitrogen and oxygen atoms in total. The molecule has 29 heavy (non-hydrogen) atoms. The third-order valence-electron chi connectivity index (χ3n) is 4.00. The van der Waals surface area contributed by atoms with Gasteiger partial charge >= 0.3 is 6.03 Å². The van der Waals surface area contributed by atoms with E-state index in [-0.39, 0.29) is 11.9 Å². The Labute approximate surface area is 170 Å². The molecule has 1 aromatic carbocycles. The van der Waals surface area contributed by atoms with Crippen LogP contribution < -0.4 is 16.0 Å². The van der Waals surface area contributed by atoms with Gasteiger partial charge in [-0.05, 0) is 53.9 Å². The highest BCUT2D eigenvalue weighted by Crippen LogP contribution is 2.23. The van der Waals surface area contributed by atoms with E-state index in [1.54, 1.807) is 60.1 Å². The van der Waals surface area contributed by atoms with Gasteiger partial charge in [0.15, 0.2) is 5.69 Å². The predicted molar refractivity (Wildman–Crippen MR) is 111 cm³/mol. The van der Waals surface area contributed by atoms with Crippen LogP contribution in [0.4, 0.5) is 16.2 Å². The van der Waals surface area contributed by atoms with Crippen LogP contribution in [-0.4, -0.2) is 22.1 Å². The Morgan fingerprint density at radius 1 is 1.03 bits per heavy atom. The van der Waals surface area contributed by atoms with Crippen LogP contribution in [0.2, 0.25) is 0 Å². The second kappa shape index (κ2) is 8.44. The number of benzene rings is 1. The first-order chi connectivity index (χ1) is 14.2. The van der Waals surface area contributed by atoms with Gasteiger partial charge < -0.3 is 20.4 Å². The van der Waals surface area contributed by atoms with E-state index >= 15 is 0 Å². The minimum Gasteiger partial charge on any atom is -0.467 e. The molecule has 0 unspecified atom stereocenters. The van der Waals surface area contributed by atoms with E-state index in [1.165, 1.54) is 0 Å². The maximum absolute atomic E-state index is 12.4. The molecule has 0 aliphatic carbocycles. The average Bonchev–Trinajstić information content (AvgIpc) is 3.49. The molecule has 0 saturated carbocycles. The Kier molecular flexibility index (Phi) is 5.39. The third-order valence-corrected chi connectivity index (χ3v) is 4.90. The summed E-state index contributed by atoms with van der Waals surface area (Å²) < 4.78 is 5.16. The summed E-state index contributed by atoms with van der Waals surface area (Å²) in [5.74, 6) is 0.347. The summed E-state index contributed by atoms with van der Waals surface area (Å²) in [6.07, 6.45) is 1.55. The van der Waals surface area contributed by atoms with E-state index in [4.69, 9.17) is 4.42 Å². The molecule has 0 spiro atoms. The van der Waals surface area contributed by atoms with Crippen LogP contribution in [0.15, 0.2) is 70.7 Å². The van der Waals surface area contributed by atoms with Gasteiger partial charge in [-0.25, -0.2) is 4.79 Å². The Hall–Kier alpha value is -3.85. The molecule has 4 N–H and O–H groups in total. The van der Waals surface area contributed by atoms with E-state index in [9.17, 15) is 9.59 Å². The van der Waals surface area contributed by atoms with Crippen LogP contribution in [0.5, 0.6) is 0 Å². The zero-order chi connectivity index (χ0) is 20.1. The third kappa shape index (κ3) is 4.71. The summed E-state index contributed by atoms with van der Waals surface area (Å²) in [4.78, 5) is 25.3. The molecule has 0 aliphatic rings. The molecule has 0 radical (unpaired) electrons. The van der Waals surface area contributed by atoms with Crippen molar-refractivity contribution in [3.8, 4) is 10.6 Å². The van der Waals surface area contributed by atoms with Gasteiger partial charge in [0.05, 0.1) is 23.4 Å². The highest BCUT2D eigenvalue weighted by atomic mass is 32.1. The number of aromatic amines is 1. The predicted octanol–water partition coefficient (Wildman–Crippen LogP) is 4.31. The maximum atomic E-state index is 12.4. The van der Waals surface area contributed by atoms with Crippen molar-refractivity contribution in [2.75, 3.05) is 10.6 Å². The van der Waals surface area contributed by atoms with E-state index < -0.39 is 0 Å². The zero-order valence-corrected chi connectivity index (χ0v) is 16.0. The molecule has 4 aromatic rings. The van der Waals surface area contributed by atoms with E-state index in [0.717, 1.165) is 10.6 Å². The van der Waals surface area contributed by atoms with Crippen LogP contribution in [-0.2, 0) is 6.54 Å². The van der Waals surface area contributed by atoms with Gasteiger partial charge in [-0.2, -0.15) is 5.10 Å². The SMILES string of the molecule is O=C(NCc1ccco1)Nc1ccc(NC(=O)c2cc(-c3cccs3)[nH]n2)cc1. The van der Waals surface area contributed by atoms with E-state index in [1.807, 2.05) is 17.5 Å². The zero-order valence-electron chi connectivity index (χ0n) is 15.1. The fourth-order valence-corrected chi connectivity index (χ4v) is 3.28. The Bertz CT molecular complexity index is 1090. The first-order valence-corrected chi connectivity index (χ1v) is 9.63. The summed E-state index contributed by atoms with van der Waals surface area (Å²) in [6.45, 7) is 0.296. The molecule has 0 bridgehead atoms. The highest BCUT2D eigenvalue weighted by molar-refractivity contribution is 7.13. The summed E-state index contributed by atoms with van der Waals surface area (Å²) in [5, 5.41) is 17.1. The van der Waals surface area contributed by atoms with Crippen molar-refractivity contribution in [2.24, 2.45) is 0 Å². The lowest BCUT2D eigenvalue weighted by molar-refractivity contribution is 0.102. The van der Waals surface area contributed by atoms with Crippen LogP contribution in [0.25, 0.3) is 10.6 Å². The number of nitrogens with one attached hydrogen (secondary N) is 4. The van der Waals surface area contributed by atoms with Crippen LogP contribution in [0.3, 0.4) is 0 Å². The summed E-state index contributed by atoms with van der Waals surface area (Å²) >= 11 is 1.57. The normalized spacial score (nSPS) is 10.5. The lowest BCUT2D eigenvalue weighted by atomic mass is 10.2. The number of rotatable bonds is 6. The van der Waals surface area contributed by atoms with Crippen molar-refractivity contribution in [3.63, 3.8) is 0 Å². The van der Waals surface area contributed by atoms with E-state index in [2.05, 4.69) is 26.1 Å². The summed E-state index contributed by atoms with van der Waals surface area (Å²) in [6, 6.07) is 15.6. The number of hydrogen-bond acceptors (Lipinski definition) is 5. The van der Waals surface area contributed by atoms with Crippen LogP contribution in [0, 0.1) is 0 Å². The van der Waals surface area contributed by atoms with Gasteiger partial charge in [0.1, 0.15) is 5.76 Å². The first kappa shape index (κ1) is 18.5. The second-order valence-electron chi connectivity index (χ2n) is 6.06. The molecule has 3 aromatic heterocycles. The number of carbonyl (C=O) groups is 2. The van der Waals surface area contributed by atoms with Crippen LogP contribution >= 0.6 is 11.3 Å². The molecule has 0 saturated heterocycles. The minimum atomic E-state index is -0.351. The fraction of sp³-hybridized carbons (Fsp3) is 0.0500. The van der Waals surface area contributed by atoms with Gasteiger partial charge in [0, 0.05) is 11.4 Å². The molecular weight excluding hydrogens is 390 g/mol. The topological polar surface area (TPSA) is 112 Å². The minimum absolute atomic E-state index is 0.296. The molecule has 0 atom stereocenters. The fourth-order valence-electron chi connectivity index (χ4n) is 2.58. The van der Waals surface area contributed by atoms with Gasteiger partial charge in [0.25, 0.3) is 5.91 Å². The number of thiophene rings is 1. The van der Waals surface area contributed by atoms with E-state index in [0.29, 0.717) is 29.4 Å². The van der Waals surface area contributed by atoms with Crippen molar-refractivity contribution in [1.29, 1.82) is 0 Å². The van der Waals surface area contributed by atoms with Gasteiger partial charge in [-0.1, -0.05) is 6.07 Å². The number of urea groups is 1. The van der Waals surface area contributed by atoms with Crippen LogP contribution in [0.1, 0.15) is 16.2 Å². The smallest absolute Gasteiger partial charge is 0.319 e. The number of aromatic nitrogens is 2. The number of nitrogens with zero attached hydrogens (tertiary/aromatic N) is 1. The number of carbonyl (C=O) groups excluding carboxylic acids is 2. The number of H-pyrrole nitrogens is 1. The molecule has 146 valence electrons. The molecule has 3 amide bonds. The first-order valence-electron chi connectivity index (χ1n) is 8.75. The second-order valence-corrected chi connectivity index (χ2v) is 7.01. The Morgan fingerprint density at radius 2 is 1.83 bits per heavy atom. The monoisotopic (exact) mass is 407 g/mol. The molecule has 0 fully saturated rings. The summed E-state index contributed by atoms with van der Waals surface area (Å²) in [5.41, 5.74) is 2.29. The van der Waals surface area contributed by atoms with Gasteiger partial charge in [-0.15, -0.1) is 11.3 Å². The average molecular weight is 407 g/mol. The molecular formula is C20H17N5O3S. The molecule has 4 rings (SSSR count). The van der Waals surface area contributed by atoms with Crippen molar-refractivity contribution in [2.45, 2.75) is 6.54 Å². The van der Waals surface area contributed by atoms with Gasteiger partial charge in [0.2, 0.25) is 0 Å². The lowest BCUT2D eigenvalue weighted by Crippen LogP contribution is -2.27. The molecule has 9 heteroatoms. The lowest BCUT2D eigenvalue weighted by Gasteiger charge is -2.08. The number of furan rings is 1. The standard InChI is InChI=1S/C20H17N5O3S/c26-19(17-11-16(24-25-17)18-4-2-10-29-18)22-13-5-7-14(8-6-13)23-20(27)21-12-15-3-1-9-28-15/h1-11H,12H2,(H,22,26)(H,24,25)(H2,21,23,27). The largest absolute Gasteiger partial charge is 0.467 e. The summed E-state index contributed by atoms with van der Waals surface area (Å²) in [7, 11) is 0.